The van der Waals surface area contributed by atoms with Gasteiger partial charge in [0.2, 0.25) is 0 Å². The minimum atomic E-state index is -4.81. The topological polar surface area (TPSA) is 82.2 Å². The van der Waals surface area contributed by atoms with Crippen molar-refractivity contribution in [3.05, 3.63) is 71.4 Å². The number of hydrogen-bond donors (Lipinski definition) is 1. The van der Waals surface area contributed by atoms with E-state index in [4.69, 9.17) is 25.8 Å². The lowest BCUT2D eigenvalue weighted by Gasteiger charge is -2.39. The van der Waals surface area contributed by atoms with Crippen molar-refractivity contribution in [2.24, 2.45) is 0 Å². The summed E-state index contributed by atoms with van der Waals surface area (Å²) in [6.45, 7) is 1.11. The number of halogens is 4. The van der Waals surface area contributed by atoms with E-state index in [1.165, 1.54) is 12.1 Å². The van der Waals surface area contributed by atoms with Gasteiger partial charge in [0, 0.05) is 18.5 Å². The number of nitrogens with one attached hydrogen (secondary N) is 1. The lowest BCUT2D eigenvalue weighted by atomic mass is 10.1. The van der Waals surface area contributed by atoms with E-state index in [-0.39, 0.29) is 36.8 Å². The molecule has 5 rings (SSSR count). The predicted octanol–water partition coefficient (Wildman–Crippen LogP) is 6.33. The number of anilines is 3. The first kappa shape index (κ1) is 27.0. The number of rotatable bonds is 7. The van der Waals surface area contributed by atoms with E-state index in [0.717, 1.165) is 31.4 Å². The number of fused-ring (bicyclic) bond motifs is 1. The number of benzene rings is 2. The Balaban J connectivity index is 1.39. The Morgan fingerprint density at radius 1 is 1.13 bits per heavy atom. The van der Waals surface area contributed by atoms with Crippen molar-refractivity contribution in [1.82, 2.24) is 4.98 Å². The highest BCUT2D eigenvalue weighted by molar-refractivity contribution is 6.33. The first-order valence-corrected chi connectivity index (χ1v) is 12.7. The van der Waals surface area contributed by atoms with Crippen molar-refractivity contribution in [2.45, 2.75) is 38.0 Å². The van der Waals surface area contributed by atoms with Crippen LogP contribution in [0.2, 0.25) is 5.02 Å². The third kappa shape index (κ3) is 6.55. The average Bonchev–Trinajstić information content (AvgIpc) is 2.92. The molecule has 39 heavy (non-hydrogen) atoms. The summed E-state index contributed by atoms with van der Waals surface area (Å²) >= 11 is 6.53. The summed E-state index contributed by atoms with van der Waals surface area (Å²) in [5.41, 5.74) is 1.09. The lowest BCUT2D eigenvalue weighted by molar-refractivity contribution is -0.274. The fourth-order valence-corrected chi connectivity index (χ4v) is 4.67. The monoisotopic (exact) mass is 563 g/mol. The number of pyridine rings is 1. The molecule has 0 saturated carbocycles. The fourth-order valence-electron chi connectivity index (χ4n) is 4.46. The highest BCUT2D eigenvalue weighted by Crippen LogP contribution is 2.43. The Labute approximate surface area is 227 Å². The van der Waals surface area contributed by atoms with Crippen LogP contribution in [-0.2, 0) is 9.47 Å². The van der Waals surface area contributed by atoms with Gasteiger partial charge in [-0.05, 0) is 67.8 Å². The zero-order valence-corrected chi connectivity index (χ0v) is 21.4. The quantitative estimate of drug-likeness (QED) is 0.360. The first-order chi connectivity index (χ1) is 18.8. The molecule has 1 N–H and O–H groups in total. The molecule has 0 spiro atoms. The number of amides is 1. The Morgan fingerprint density at radius 3 is 2.67 bits per heavy atom. The van der Waals surface area contributed by atoms with Crippen LogP contribution >= 0.6 is 11.6 Å². The van der Waals surface area contributed by atoms with Crippen molar-refractivity contribution >= 4 is 34.7 Å². The van der Waals surface area contributed by atoms with Crippen LogP contribution in [0.5, 0.6) is 11.5 Å². The molecular formula is C27H25ClF3N3O5. The maximum atomic E-state index is 13.2. The van der Waals surface area contributed by atoms with Gasteiger partial charge in [0.05, 0.1) is 28.9 Å². The number of nitrogens with zero attached hydrogens (tertiary/aromatic N) is 2. The first-order valence-electron chi connectivity index (χ1n) is 12.3. The maximum Gasteiger partial charge on any atom is 0.573 e. The fraction of sp³-hybridized carbons (Fsp3) is 0.333. The van der Waals surface area contributed by atoms with Gasteiger partial charge in [-0.3, -0.25) is 4.79 Å². The lowest BCUT2D eigenvalue weighted by Crippen LogP contribution is -2.45. The number of aromatic nitrogens is 1. The molecule has 2 aromatic carbocycles. The van der Waals surface area contributed by atoms with Crippen LogP contribution in [0, 0.1) is 0 Å². The molecule has 8 nitrogen and oxygen atoms in total. The number of carbonyl (C=O) groups is 1. The van der Waals surface area contributed by atoms with E-state index >= 15 is 0 Å². The van der Waals surface area contributed by atoms with Crippen LogP contribution in [0.4, 0.5) is 30.4 Å². The Morgan fingerprint density at radius 2 is 1.95 bits per heavy atom. The van der Waals surface area contributed by atoms with Gasteiger partial charge in [-0.1, -0.05) is 17.7 Å². The van der Waals surface area contributed by atoms with Crippen molar-refractivity contribution < 1.29 is 36.9 Å². The second-order valence-electron chi connectivity index (χ2n) is 8.95. The SMILES string of the molecule is O=C(Nc1ccc(OC(F)(F)F)cc1)c1cccc2c1OCC(CO[C@@H]1CCCCO1)N2c1ncccc1Cl. The Kier molecular flexibility index (Phi) is 8.10. The van der Waals surface area contributed by atoms with Crippen LogP contribution in [-0.4, -0.2) is 49.4 Å². The molecule has 2 aliphatic rings. The van der Waals surface area contributed by atoms with Gasteiger partial charge in [-0.15, -0.1) is 13.2 Å². The Hall–Kier alpha value is -3.54. The van der Waals surface area contributed by atoms with Crippen LogP contribution in [0.15, 0.2) is 60.8 Å². The second kappa shape index (κ2) is 11.7. The largest absolute Gasteiger partial charge is 0.573 e. The van der Waals surface area contributed by atoms with Gasteiger partial charge in [0.25, 0.3) is 5.91 Å². The van der Waals surface area contributed by atoms with Gasteiger partial charge in [0.15, 0.2) is 17.9 Å². The number of carbonyl (C=O) groups excluding carboxylic acids is 1. The van der Waals surface area contributed by atoms with Gasteiger partial charge in [0.1, 0.15) is 12.4 Å². The van der Waals surface area contributed by atoms with E-state index in [9.17, 15) is 18.0 Å². The van der Waals surface area contributed by atoms with E-state index < -0.39 is 18.0 Å². The molecule has 1 fully saturated rings. The second-order valence-corrected chi connectivity index (χ2v) is 9.36. The summed E-state index contributed by atoms with van der Waals surface area (Å²) in [5.74, 6) is -0.0944. The summed E-state index contributed by atoms with van der Waals surface area (Å²) in [6, 6.07) is 13.1. The molecular weight excluding hydrogens is 539 g/mol. The molecule has 12 heteroatoms. The normalized spacial score (nSPS) is 19.1. The molecule has 3 heterocycles. The number of hydrogen-bond acceptors (Lipinski definition) is 7. The number of ether oxygens (including phenoxy) is 4. The highest BCUT2D eigenvalue weighted by atomic mass is 35.5. The smallest absolute Gasteiger partial charge is 0.488 e. The van der Waals surface area contributed by atoms with Crippen LogP contribution in [0.3, 0.4) is 0 Å². The third-order valence-electron chi connectivity index (χ3n) is 6.21. The summed E-state index contributed by atoms with van der Waals surface area (Å²) in [7, 11) is 0. The van der Waals surface area contributed by atoms with Crippen molar-refractivity contribution in [3.8, 4) is 11.5 Å². The van der Waals surface area contributed by atoms with Crippen molar-refractivity contribution in [1.29, 1.82) is 0 Å². The average molecular weight is 564 g/mol. The summed E-state index contributed by atoms with van der Waals surface area (Å²) in [5, 5.41) is 3.10. The molecule has 2 atom stereocenters. The zero-order valence-electron chi connectivity index (χ0n) is 20.6. The molecule has 1 unspecified atom stereocenters. The van der Waals surface area contributed by atoms with Crippen LogP contribution in [0.1, 0.15) is 29.6 Å². The zero-order chi connectivity index (χ0) is 27.4. The minimum Gasteiger partial charge on any atom is -0.488 e. The molecule has 1 aromatic heterocycles. The van der Waals surface area contributed by atoms with Crippen molar-refractivity contribution in [2.75, 3.05) is 30.0 Å². The summed E-state index contributed by atoms with van der Waals surface area (Å²) in [4.78, 5) is 19.6. The summed E-state index contributed by atoms with van der Waals surface area (Å²) < 4.78 is 59.1. The molecule has 1 saturated heterocycles. The molecule has 206 valence electrons. The maximum absolute atomic E-state index is 13.2. The molecule has 0 radical (unpaired) electrons. The van der Waals surface area contributed by atoms with E-state index in [1.54, 1.807) is 36.5 Å². The van der Waals surface area contributed by atoms with Gasteiger partial charge >= 0.3 is 6.36 Å². The van der Waals surface area contributed by atoms with Gasteiger partial charge in [-0.25, -0.2) is 4.98 Å². The highest BCUT2D eigenvalue weighted by Gasteiger charge is 2.35. The molecule has 0 aliphatic carbocycles. The van der Waals surface area contributed by atoms with Crippen LogP contribution < -0.4 is 19.7 Å². The predicted molar refractivity (Wildman–Crippen MR) is 138 cm³/mol. The van der Waals surface area contributed by atoms with E-state index in [0.29, 0.717) is 28.9 Å². The standard InChI is InChI=1S/C27H25ClF3N3O5/c28-21-6-4-13-32-25(21)34-18(15-37-23-8-1-2-14-36-23)16-38-24-20(5-3-7-22(24)34)26(35)33-17-9-11-19(12-10-17)39-27(29,30)31/h3-7,9-13,18,23H,1-2,8,14-16H2,(H,33,35)/t18?,23-/m1/s1. The molecule has 2 aliphatic heterocycles. The minimum absolute atomic E-state index is 0.181. The van der Waals surface area contributed by atoms with Gasteiger partial charge < -0.3 is 29.2 Å². The number of para-hydroxylation sites is 1. The van der Waals surface area contributed by atoms with Crippen LogP contribution in [0.25, 0.3) is 0 Å². The third-order valence-corrected chi connectivity index (χ3v) is 6.50. The van der Waals surface area contributed by atoms with Crippen molar-refractivity contribution in [3.63, 3.8) is 0 Å². The van der Waals surface area contributed by atoms with E-state index in [2.05, 4.69) is 15.0 Å². The Bertz CT molecular complexity index is 1300. The molecule has 0 bridgehead atoms. The van der Waals surface area contributed by atoms with Gasteiger partial charge in [-0.2, -0.15) is 0 Å². The molecule has 3 aromatic rings. The molecule has 1 amide bonds. The van der Waals surface area contributed by atoms with E-state index in [1.807, 2.05) is 4.90 Å². The number of alkyl halides is 3. The summed E-state index contributed by atoms with van der Waals surface area (Å²) in [6.07, 6.45) is -0.637.